The Morgan fingerprint density at radius 1 is 1.07 bits per heavy atom. The molecule has 82 valence electrons. The molecule has 15 heavy (non-hydrogen) atoms. The Morgan fingerprint density at radius 2 is 1.67 bits per heavy atom. The minimum atomic E-state index is -0.655. The molecule has 0 aromatic rings. The summed E-state index contributed by atoms with van der Waals surface area (Å²) in [6.45, 7) is 1.73. The zero-order valence-electron chi connectivity index (χ0n) is 9.17. The number of amides is 1. The van der Waals surface area contributed by atoms with Crippen LogP contribution in [0.25, 0.3) is 0 Å². The molecule has 2 fully saturated rings. The molecular formula is C12H18N2O. The van der Waals surface area contributed by atoms with E-state index in [2.05, 4.69) is 6.07 Å². The van der Waals surface area contributed by atoms with E-state index >= 15 is 0 Å². The molecule has 0 aromatic carbocycles. The maximum absolute atomic E-state index is 12.3. The highest BCUT2D eigenvalue weighted by Crippen LogP contribution is 2.39. The fraction of sp³-hybridized carbons (Fsp3) is 0.833. The molecule has 0 aromatic heterocycles. The second-order valence-electron chi connectivity index (χ2n) is 4.75. The molecule has 0 unspecified atom stereocenters. The lowest BCUT2D eigenvalue weighted by Crippen LogP contribution is -2.44. The van der Waals surface area contributed by atoms with Gasteiger partial charge in [0.05, 0.1) is 6.07 Å². The largest absolute Gasteiger partial charge is 0.341 e. The predicted octanol–water partition coefficient (Wildman–Crippen LogP) is 2.08. The number of piperidine rings is 1. The first-order chi connectivity index (χ1) is 7.28. The van der Waals surface area contributed by atoms with Gasteiger partial charge in [0.2, 0.25) is 5.91 Å². The van der Waals surface area contributed by atoms with Gasteiger partial charge < -0.3 is 4.90 Å². The summed E-state index contributed by atoms with van der Waals surface area (Å²) < 4.78 is 0. The van der Waals surface area contributed by atoms with Crippen LogP contribution in [0, 0.1) is 16.7 Å². The van der Waals surface area contributed by atoms with Gasteiger partial charge in [0, 0.05) is 13.1 Å². The van der Waals surface area contributed by atoms with Gasteiger partial charge in [-0.05, 0) is 32.1 Å². The lowest BCUT2D eigenvalue weighted by molar-refractivity contribution is -0.139. The summed E-state index contributed by atoms with van der Waals surface area (Å²) >= 11 is 0. The molecule has 3 nitrogen and oxygen atoms in total. The van der Waals surface area contributed by atoms with Crippen LogP contribution >= 0.6 is 0 Å². The van der Waals surface area contributed by atoms with Crippen molar-refractivity contribution in [1.29, 1.82) is 5.26 Å². The summed E-state index contributed by atoms with van der Waals surface area (Å²) in [5.41, 5.74) is -0.655. The van der Waals surface area contributed by atoms with Crippen LogP contribution in [0.15, 0.2) is 0 Å². The summed E-state index contributed by atoms with van der Waals surface area (Å²) in [6, 6.07) is 2.28. The highest BCUT2D eigenvalue weighted by Gasteiger charge is 2.43. The van der Waals surface area contributed by atoms with Gasteiger partial charge in [-0.3, -0.25) is 4.79 Å². The summed E-state index contributed by atoms with van der Waals surface area (Å²) in [5.74, 6) is 0.113. The molecule has 1 saturated heterocycles. The third-order valence-corrected chi connectivity index (χ3v) is 3.72. The van der Waals surface area contributed by atoms with Gasteiger partial charge in [-0.2, -0.15) is 5.26 Å². The summed E-state index contributed by atoms with van der Waals surface area (Å²) in [4.78, 5) is 14.2. The fourth-order valence-corrected chi connectivity index (χ4v) is 2.75. The van der Waals surface area contributed by atoms with Crippen molar-refractivity contribution in [3.8, 4) is 6.07 Å². The Bertz CT molecular complexity index is 280. The van der Waals surface area contributed by atoms with E-state index in [4.69, 9.17) is 0 Å². The van der Waals surface area contributed by atoms with Gasteiger partial charge in [-0.15, -0.1) is 0 Å². The highest BCUT2D eigenvalue weighted by atomic mass is 16.2. The molecular weight excluding hydrogens is 188 g/mol. The average Bonchev–Trinajstić information content (AvgIpc) is 2.79. The van der Waals surface area contributed by atoms with E-state index in [1.807, 2.05) is 4.90 Å². The summed E-state index contributed by atoms with van der Waals surface area (Å²) in [5, 5.41) is 9.22. The lowest BCUT2D eigenvalue weighted by Gasteiger charge is -2.32. The van der Waals surface area contributed by atoms with Gasteiger partial charge in [0.25, 0.3) is 0 Å². The van der Waals surface area contributed by atoms with Crippen LogP contribution in [0.2, 0.25) is 0 Å². The molecule has 0 atom stereocenters. The molecule has 1 heterocycles. The Morgan fingerprint density at radius 3 is 2.20 bits per heavy atom. The second-order valence-corrected chi connectivity index (χ2v) is 4.75. The van der Waals surface area contributed by atoms with E-state index in [-0.39, 0.29) is 5.91 Å². The van der Waals surface area contributed by atoms with Crippen LogP contribution in [0.1, 0.15) is 44.9 Å². The smallest absolute Gasteiger partial charge is 0.243 e. The summed E-state index contributed by atoms with van der Waals surface area (Å²) in [6.07, 6.45) is 7.06. The van der Waals surface area contributed by atoms with Crippen molar-refractivity contribution >= 4 is 5.91 Å². The summed E-state index contributed by atoms with van der Waals surface area (Å²) in [7, 11) is 0. The minimum absolute atomic E-state index is 0.113. The SMILES string of the molecule is N#CC1(C(=O)N2CCCCC2)CCCC1. The zero-order valence-corrected chi connectivity index (χ0v) is 9.17. The van der Waals surface area contributed by atoms with Crippen molar-refractivity contribution in [3.63, 3.8) is 0 Å². The maximum Gasteiger partial charge on any atom is 0.243 e. The normalized spacial score (nSPS) is 24.9. The molecule has 0 radical (unpaired) electrons. The highest BCUT2D eigenvalue weighted by molar-refractivity contribution is 5.85. The molecule has 3 heteroatoms. The van der Waals surface area contributed by atoms with Gasteiger partial charge in [-0.1, -0.05) is 12.8 Å². The van der Waals surface area contributed by atoms with Crippen LogP contribution in [-0.4, -0.2) is 23.9 Å². The van der Waals surface area contributed by atoms with E-state index in [0.717, 1.165) is 51.6 Å². The Hall–Kier alpha value is -1.04. The fourth-order valence-electron chi connectivity index (χ4n) is 2.75. The number of rotatable bonds is 1. The number of likely N-dealkylation sites (tertiary alicyclic amines) is 1. The first kappa shape index (κ1) is 10.5. The van der Waals surface area contributed by atoms with Gasteiger partial charge >= 0.3 is 0 Å². The standard InChI is InChI=1S/C12H18N2O/c13-10-12(6-2-3-7-12)11(15)14-8-4-1-5-9-14/h1-9H2. The van der Waals surface area contributed by atoms with Crippen LogP contribution < -0.4 is 0 Å². The van der Waals surface area contributed by atoms with Crippen LogP contribution in [0.3, 0.4) is 0 Å². The molecule has 0 spiro atoms. The number of carbonyl (C=O) groups excluding carboxylic acids is 1. The van der Waals surface area contributed by atoms with Crippen molar-refractivity contribution in [2.45, 2.75) is 44.9 Å². The van der Waals surface area contributed by atoms with Crippen LogP contribution in [-0.2, 0) is 4.79 Å². The van der Waals surface area contributed by atoms with Crippen LogP contribution in [0.4, 0.5) is 0 Å². The Kier molecular flexibility index (Phi) is 2.95. The van der Waals surface area contributed by atoms with Crippen molar-refractivity contribution in [2.24, 2.45) is 5.41 Å². The van der Waals surface area contributed by atoms with Gasteiger partial charge in [0.1, 0.15) is 5.41 Å². The number of nitrogens with zero attached hydrogens (tertiary/aromatic N) is 2. The molecule has 1 aliphatic heterocycles. The van der Waals surface area contributed by atoms with E-state index in [9.17, 15) is 10.1 Å². The van der Waals surface area contributed by atoms with Crippen molar-refractivity contribution in [1.82, 2.24) is 4.90 Å². The molecule has 1 aliphatic carbocycles. The third-order valence-electron chi connectivity index (χ3n) is 3.72. The number of nitriles is 1. The maximum atomic E-state index is 12.3. The van der Waals surface area contributed by atoms with E-state index in [0.29, 0.717) is 0 Å². The molecule has 0 N–H and O–H groups in total. The monoisotopic (exact) mass is 206 g/mol. The van der Waals surface area contributed by atoms with E-state index < -0.39 is 5.41 Å². The van der Waals surface area contributed by atoms with E-state index in [1.165, 1.54) is 6.42 Å². The van der Waals surface area contributed by atoms with Crippen molar-refractivity contribution < 1.29 is 4.79 Å². The lowest BCUT2D eigenvalue weighted by atomic mass is 9.86. The number of carbonyl (C=O) groups is 1. The Balaban J connectivity index is 2.08. The zero-order chi connectivity index (χ0) is 10.7. The quantitative estimate of drug-likeness (QED) is 0.659. The number of hydrogen-bond acceptors (Lipinski definition) is 2. The second kappa shape index (κ2) is 4.22. The first-order valence-corrected chi connectivity index (χ1v) is 5.99. The molecule has 0 bridgehead atoms. The molecule has 2 aliphatic rings. The topological polar surface area (TPSA) is 44.1 Å². The molecule has 1 saturated carbocycles. The first-order valence-electron chi connectivity index (χ1n) is 5.99. The van der Waals surface area contributed by atoms with E-state index in [1.54, 1.807) is 0 Å². The molecule has 2 rings (SSSR count). The van der Waals surface area contributed by atoms with Crippen molar-refractivity contribution in [3.05, 3.63) is 0 Å². The van der Waals surface area contributed by atoms with Crippen molar-refractivity contribution in [2.75, 3.05) is 13.1 Å². The minimum Gasteiger partial charge on any atom is -0.341 e. The Labute approximate surface area is 91.1 Å². The van der Waals surface area contributed by atoms with Gasteiger partial charge in [-0.25, -0.2) is 0 Å². The predicted molar refractivity (Wildman–Crippen MR) is 56.9 cm³/mol. The number of hydrogen-bond donors (Lipinski definition) is 0. The third kappa shape index (κ3) is 1.86. The van der Waals surface area contributed by atoms with Crippen LogP contribution in [0.5, 0.6) is 0 Å². The molecule has 1 amide bonds. The average molecular weight is 206 g/mol. The van der Waals surface area contributed by atoms with Gasteiger partial charge in [0.15, 0.2) is 0 Å².